The van der Waals surface area contributed by atoms with E-state index in [1.54, 1.807) is 17.7 Å². The third kappa shape index (κ3) is 1.71. The summed E-state index contributed by atoms with van der Waals surface area (Å²) in [4.78, 5) is 25.2. The van der Waals surface area contributed by atoms with E-state index in [4.69, 9.17) is 0 Å². The molecule has 0 N–H and O–H groups in total. The van der Waals surface area contributed by atoms with Crippen molar-refractivity contribution in [2.75, 3.05) is 31.6 Å². The van der Waals surface area contributed by atoms with Crippen molar-refractivity contribution in [3.05, 3.63) is 17.8 Å². The van der Waals surface area contributed by atoms with Crippen molar-refractivity contribution >= 4 is 33.3 Å². The molecule has 2 saturated heterocycles. The minimum absolute atomic E-state index is 0.138. The summed E-state index contributed by atoms with van der Waals surface area (Å²) in [5.41, 5.74) is 0.998. The van der Waals surface area contributed by atoms with Crippen molar-refractivity contribution in [1.29, 1.82) is 0 Å². The van der Waals surface area contributed by atoms with Crippen LogP contribution in [0.5, 0.6) is 0 Å². The highest BCUT2D eigenvalue weighted by molar-refractivity contribution is 7.17. The molecule has 0 spiro atoms. The SMILES string of the molecule is CN1CC[C@@H]2CN(c3ncnc4ccsc34)C[C@@H]2C1=O. The quantitative estimate of drug-likeness (QED) is 0.800. The second-order valence-corrected chi connectivity index (χ2v) is 6.57. The van der Waals surface area contributed by atoms with E-state index in [2.05, 4.69) is 14.9 Å². The summed E-state index contributed by atoms with van der Waals surface area (Å²) in [6.07, 6.45) is 2.72. The normalized spacial score (nSPS) is 26.4. The number of thiophene rings is 1. The van der Waals surface area contributed by atoms with Crippen molar-refractivity contribution in [2.45, 2.75) is 6.42 Å². The maximum atomic E-state index is 12.3. The molecule has 0 aromatic carbocycles. The predicted molar refractivity (Wildman–Crippen MR) is 78.9 cm³/mol. The topological polar surface area (TPSA) is 49.3 Å². The van der Waals surface area contributed by atoms with Crippen LogP contribution in [0.25, 0.3) is 10.2 Å². The van der Waals surface area contributed by atoms with Gasteiger partial charge in [0.05, 0.1) is 16.1 Å². The molecule has 2 atom stereocenters. The number of carbonyl (C=O) groups is 1. The summed E-state index contributed by atoms with van der Waals surface area (Å²) in [6.45, 7) is 2.61. The van der Waals surface area contributed by atoms with Gasteiger partial charge in [0.1, 0.15) is 12.1 Å². The fraction of sp³-hybridized carbons (Fsp3) is 0.500. The van der Waals surface area contributed by atoms with E-state index in [9.17, 15) is 4.79 Å². The fourth-order valence-electron chi connectivity index (χ4n) is 3.37. The second kappa shape index (κ2) is 4.41. The Balaban J connectivity index is 1.68. The van der Waals surface area contributed by atoms with Gasteiger partial charge in [0, 0.05) is 26.7 Å². The van der Waals surface area contributed by atoms with Crippen molar-refractivity contribution in [1.82, 2.24) is 14.9 Å². The van der Waals surface area contributed by atoms with Gasteiger partial charge in [-0.2, -0.15) is 0 Å². The zero-order chi connectivity index (χ0) is 13.7. The van der Waals surface area contributed by atoms with Crippen LogP contribution in [0, 0.1) is 11.8 Å². The van der Waals surface area contributed by atoms with Gasteiger partial charge < -0.3 is 9.80 Å². The first-order valence-electron chi connectivity index (χ1n) is 6.92. The standard InChI is InChI=1S/C14H16N4OS/c1-17-4-2-9-6-18(7-10(9)14(17)19)13-12-11(3-5-20-12)15-8-16-13/h3,5,8-10H,2,4,6-7H2,1H3/t9-,10+/m1/s1. The van der Waals surface area contributed by atoms with Gasteiger partial charge in [-0.25, -0.2) is 9.97 Å². The Bertz CT molecular complexity index is 670. The molecule has 0 saturated carbocycles. The van der Waals surface area contributed by atoms with Crippen LogP contribution < -0.4 is 4.90 Å². The van der Waals surface area contributed by atoms with Crippen molar-refractivity contribution in [2.24, 2.45) is 11.8 Å². The van der Waals surface area contributed by atoms with E-state index >= 15 is 0 Å². The van der Waals surface area contributed by atoms with Gasteiger partial charge in [-0.3, -0.25) is 4.79 Å². The lowest BCUT2D eigenvalue weighted by Gasteiger charge is -2.30. The molecule has 2 aromatic rings. The molecule has 2 aliphatic heterocycles. The summed E-state index contributed by atoms with van der Waals surface area (Å²) >= 11 is 1.67. The Labute approximate surface area is 121 Å². The first-order chi connectivity index (χ1) is 9.74. The lowest BCUT2D eigenvalue weighted by molar-refractivity contribution is -0.137. The van der Waals surface area contributed by atoms with Gasteiger partial charge in [-0.05, 0) is 23.8 Å². The van der Waals surface area contributed by atoms with Crippen molar-refractivity contribution < 1.29 is 4.79 Å². The summed E-state index contributed by atoms with van der Waals surface area (Å²) in [7, 11) is 1.91. The van der Waals surface area contributed by atoms with Crippen LogP contribution >= 0.6 is 11.3 Å². The van der Waals surface area contributed by atoms with Crippen LogP contribution in [0.1, 0.15) is 6.42 Å². The van der Waals surface area contributed by atoms with Gasteiger partial charge in [0.15, 0.2) is 0 Å². The monoisotopic (exact) mass is 288 g/mol. The molecular weight excluding hydrogens is 272 g/mol. The van der Waals surface area contributed by atoms with E-state index in [1.165, 1.54) is 0 Å². The van der Waals surface area contributed by atoms with Gasteiger partial charge >= 0.3 is 0 Å². The molecule has 1 amide bonds. The van der Waals surface area contributed by atoms with E-state index in [0.717, 1.165) is 42.1 Å². The molecule has 0 aliphatic carbocycles. The summed E-state index contributed by atoms with van der Waals surface area (Å²) in [6, 6.07) is 2.02. The Kier molecular flexibility index (Phi) is 2.66. The average Bonchev–Trinajstić information content (AvgIpc) is 3.09. The predicted octanol–water partition coefficient (Wildman–Crippen LogP) is 1.61. The van der Waals surface area contributed by atoms with Crippen LogP contribution in [0.15, 0.2) is 17.8 Å². The second-order valence-electron chi connectivity index (χ2n) is 5.65. The number of piperidine rings is 1. The lowest BCUT2D eigenvalue weighted by atomic mass is 9.88. The fourth-order valence-corrected chi connectivity index (χ4v) is 4.23. The van der Waals surface area contributed by atoms with E-state index in [0.29, 0.717) is 11.8 Å². The molecule has 20 heavy (non-hydrogen) atoms. The maximum absolute atomic E-state index is 12.3. The minimum Gasteiger partial charge on any atom is -0.354 e. The molecule has 0 bridgehead atoms. The molecule has 104 valence electrons. The number of fused-ring (bicyclic) bond motifs is 2. The highest BCUT2D eigenvalue weighted by Crippen LogP contribution is 2.36. The first kappa shape index (κ1) is 12.1. The zero-order valence-electron chi connectivity index (χ0n) is 11.3. The number of hydrogen-bond donors (Lipinski definition) is 0. The lowest BCUT2D eigenvalue weighted by Crippen LogP contribution is -2.42. The highest BCUT2D eigenvalue weighted by atomic mass is 32.1. The van der Waals surface area contributed by atoms with Gasteiger partial charge in [0.25, 0.3) is 0 Å². The molecular formula is C14H16N4OS. The molecule has 4 rings (SSSR count). The molecule has 0 radical (unpaired) electrons. The van der Waals surface area contributed by atoms with E-state index in [-0.39, 0.29) is 5.92 Å². The summed E-state index contributed by atoms with van der Waals surface area (Å²) < 4.78 is 1.13. The number of carbonyl (C=O) groups excluding carboxylic acids is 1. The molecule has 5 nitrogen and oxygen atoms in total. The number of anilines is 1. The molecule has 2 aliphatic rings. The average molecular weight is 288 g/mol. The van der Waals surface area contributed by atoms with Gasteiger partial charge in [-0.15, -0.1) is 11.3 Å². The number of rotatable bonds is 1. The molecule has 0 unspecified atom stereocenters. The van der Waals surface area contributed by atoms with Crippen LogP contribution in [-0.4, -0.2) is 47.5 Å². The third-order valence-electron chi connectivity index (χ3n) is 4.49. The maximum Gasteiger partial charge on any atom is 0.227 e. The van der Waals surface area contributed by atoms with Crippen LogP contribution in [0.4, 0.5) is 5.82 Å². The third-order valence-corrected chi connectivity index (χ3v) is 5.39. The Morgan fingerprint density at radius 2 is 2.25 bits per heavy atom. The number of amides is 1. The molecule has 2 fully saturated rings. The summed E-state index contributed by atoms with van der Waals surface area (Å²) in [5.74, 6) is 1.90. The van der Waals surface area contributed by atoms with E-state index < -0.39 is 0 Å². The highest BCUT2D eigenvalue weighted by Gasteiger charge is 2.42. The number of hydrogen-bond acceptors (Lipinski definition) is 5. The smallest absolute Gasteiger partial charge is 0.227 e. The number of likely N-dealkylation sites (tertiary alicyclic amines) is 1. The number of nitrogens with zero attached hydrogens (tertiary/aromatic N) is 4. The van der Waals surface area contributed by atoms with Crippen molar-refractivity contribution in [3.63, 3.8) is 0 Å². The Morgan fingerprint density at radius 3 is 3.15 bits per heavy atom. The van der Waals surface area contributed by atoms with Crippen molar-refractivity contribution in [3.8, 4) is 0 Å². The van der Waals surface area contributed by atoms with Crippen LogP contribution in [0.3, 0.4) is 0 Å². The van der Waals surface area contributed by atoms with Crippen LogP contribution in [-0.2, 0) is 4.79 Å². The molecule has 6 heteroatoms. The van der Waals surface area contributed by atoms with Crippen LogP contribution in [0.2, 0.25) is 0 Å². The van der Waals surface area contributed by atoms with Gasteiger partial charge in [0.2, 0.25) is 5.91 Å². The minimum atomic E-state index is 0.138. The Hall–Kier alpha value is -1.69. The molecule has 2 aromatic heterocycles. The number of aromatic nitrogens is 2. The molecule has 4 heterocycles. The Morgan fingerprint density at radius 1 is 1.35 bits per heavy atom. The summed E-state index contributed by atoms with van der Waals surface area (Å²) in [5, 5.41) is 2.05. The first-order valence-corrected chi connectivity index (χ1v) is 7.80. The largest absolute Gasteiger partial charge is 0.354 e. The van der Waals surface area contributed by atoms with E-state index in [1.807, 2.05) is 23.4 Å². The zero-order valence-corrected chi connectivity index (χ0v) is 12.1. The van der Waals surface area contributed by atoms with Gasteiger partial charge in [-0.1, -0.05) is 0 Å².